The summed E-state index contributed by atoms with van der Waals surface area (Å²) in [6, 6.07) is 6.56. The second-order valence-corrected chi connectivity index (χ2v) is 6.09. The van der Waals surface area contributed by atoms with E-state index in [1.54, 1.807) is 24.3 Å². The molecular weight excluding hydrogens is 336 g/mol. The number of ether oxygens (including phenoxy) is 1. The van der Waals surface area contributed by atoms with Crippen LogP contribution in [0, 0.1) is 0 Å². The fourth-order valence-electron chi connectivity index (χ4n) is 2.85. The van der Waals surface area contributed by atoms with Crippen LogP contribution in [-0.4, -0.2) is 45.8 Å². The monoisotopic (exact) mass is 348 g/mol. The molecule has 9 heteroatoms. The van der Waals surface area contributed by atoms with E-state index in [0.29, 0.717) is 23.6 Å². The van der Waals surface area contributed by atoms with Gasteiger partial charge < -0.3 is 14.5 Å². The van der Waals surface area contributed by atoms with Crippen molar-refractivity contribution in [2.75, 3.05) is 13.2 Å². The minimum atomic E-state index is -0.956. The Bertz CT molecular complexity index is 815. The van der Waals surface area contributed by atoms with Crippen LogP contribution in [0.4, 0.5) is 4.79 Å². The number of amides is 3. The van der Waals surface area contributed by atoms with Crippen LogP contribution < -0.4 is 5.32 Å². The molecule has 4 rings (SSSR count). The molecule has 0 aliphatic carbocycles. The van der Waals surface area contributed by atoms with Crippen molar-refractivity contribution in [2.24, 2.45) is 0 Å². The van der Waals surface area contributed by atoms with Crippen LogP contribution in [0.15, 0.2) is 28.7 Å². The molecule has 1 N–H and O–H groups in total. The first-order valence-electron chi connectivity index (χ1n) is 7.38. The van der Waals surface area contributed by atoms with E-state index in [1.807, 2.05) is 0 Å². The third-order valence-electron chi connectivity index (χ3n) is 4.13. The average molecular weight is 349 g/mol. The van der Waals surface area contributed by atoms with Crippen LogP contribution >= 0.6 is 11.6 Å². The number of nitrogens with one attached hydrogen (secondary N) is 1. The third kappa shape index (κ3) is 2.35. The molecule has 0 saturated carbocycles. The zero-order valence-electron chi connectivity index (χ0n) is 12.5. The van der Waals surface area contributed by atoms with E-state index < -0.39 is 11.6 Å². The van der Waals surface area contributed by atoms with Crippen molar-refractivity contribution in [1.29, 1.82) is 0 Å². The second kappa shape index (κ2) is 5.57. The van der Waals surface area contributed by atoms with Gasteiger partial charge in [0.15, 0.2) is 0 Å². The number of imide groups is 1. The number of rotatable bonds is 3. The Kier molecular flexibility index (Phi) is 3.50. The van der Waals surface area contributed by atoms with Gasteiger partial charge in [0.1, 0.15) is 12.1 Å². The molecule has 2 saturated heterocycles. The Morgan fingerprint density at radius 1 is 1.29 bits per heavy atom. The standard InChI is InChI=1S/C15H13ClN4O4/c16-10-4-2-1-3-9(10)12-19-18-11(24-12)7-20-13(21)15(17-14(20)22)5-6-23-8-15/h1-4H,5-8H2,(H,17,22)/t15-/m0/s1. The highest BCUT2D eigenvalue weighted by atomic mass is 35.5. The largest absolute Gasteiger partial charge is 0.419 e. The molecule has 3 heterocycles. The van der Waals surface area contributed by atoms with Crippen molar-refractivity contribution in [3.05, 3.63) is 35.2 Å². The molecule has 0 bridgehead atoms. The van der Waals surface area contributed by atoms with Crippen molar-refractivity contribution in [3.63, 3.8) is 0 Å². The second-order valence-electron chi connectivity index (χ2n) is 5.69. The summed E-state index contributed by atoms with van der Waals surface area (Å²) < 4.78 is 10.8. The maximum absolute atomic E-state index is 12.5. The first-order chi connectivity index (χ1) is 11.6. The molecule has 0 radical (unpaired) electrons. The van der Waals surface area contributed by atoms with E-state index in [4.69, 9.17) is 20.8 Å². The van der Waals surface area contributed by atoms with Gasteiger partial charge in [0.25, 0.3) is 5.91 Å². The summed E-state index contributed by atoms with van der Waals surface area (Å²) in [6.45, 7) is 0.531. The van der Waals surface area contributed by atoms with E-state index in [1.165, 1.54) is 0 Å². The highest BCUT2D eigenvalue weighted by molar-refractivity contribution is 6.33. The summed E-state index contributed by atoms with van der Waals surface area (Å²) in [5, 5.41) is 11.0. The normalized spacial score (nSPS) is 23.3. The Balaban J connectivity index is 1.55. The minimum Gasteiger partial charge on any atom is -0.419 e. The summed E-state index contributed by atoms with van der Waals surface area (Å²) >= 11 is 6.10. The van der Waals surface area contributed by atoms with Crippen molar-refractivity contribution >= 4 is 23.5 Å². The number of nitrogens with zero attached hydrogens (tertiary/aromatic N) is 3. The molecule has 124 valence electrons. The Morgan fingerprint density at radius 2 is 2.12 bits per heavy atom. The molecule has 1 aromatic carbocycles. The number of aromatic nitrogens is 2. The molecule has 2 aromatic rings. The van der Waals surface area contributed by atoms with Gasteiger partial charge >= 0.3 is 6.03 Å². The summed E-state index contributed by atoms with van der Waals surface area (Å²) in [7, 11) is 0. The van der Waals surface area contributed by atoms with Gasteiger partial charge in [-0.3, -0.25) is 9.69 Å². The summed E-state index contributed by atoms with van der Waals surface area (Å²) in [6.07, 6.45) is 0.461. The number of carbonyl (C=O) groups excluding carboxylic acids is 2. The smallest absolute Gasteiger partial charge is 0.325 e. The number of carbonyl (C=O) groups is 2. The van der Waals surface area contributed by atoms with Crippen molar-refractivity contribution in [2.45, 2.75) is 18.5 Å². The maximum Gasteiger partial charge on any atom is 0.325 e. The SMILES string of the molecule is O=C1N[C@]2(CCOC2)C(=O)N1Cc1nnc(-c2ccccc2Cl)o1. The van der Waals surface area contributed by atoms with Crippen LogP contribution in [0.3, 0.4) is 0 Å². The molecule has 3 amide bonds. The molecular formula is C15H13ClN4O4. The molecule has 1 atom stereocenters. The van der Waals surface area contributed by atoms with Crippen LogP contribution in [0.25, 0.3) is 11.5 Å². The number of urea groups is 1. The lowest BCUT2D eigenvalue weighted by Crippen LogP contribution is -2.47. The van der Waals surface area contributed by atoms with E-state index >= 15 is 0 Å². The van der Waals surface area contributed by atoms with Crippen molar-refractivity contribution in [1.82, 2.24) is 20.4 Å². The lowest BCUT2D eigenvalue weighted by Gasteiger charge is -2.17. The zero-order valence-corrected chi connectivity index (χ0v) is 13.2. The third-order valence-corrected chi connectivity index (χ3v) is 4.46. The topological polar surface area (TPSA) is 97.6 Å². The molecule has 0 unspecified atom stereocenters. The van der Waals surface area contributed by atoms with E-state index in [0.717, 1.165) is 4.90 Å². The van der Waals surface area contributed by atoms with Gasteiger partial charge in [-0.05, 0) is 12.1 Å². The molecule has 2 fully saturated rings. The highest BCUT2D eigenvalue weighted by Gasteiger charge is 2.53. The first kappa shape index (κ1) is 15.1. The van der Waals surface area contributed by atoms with Crippen molar-refractivity contribution < 1.29 is 18.7 Å². The van der Waals surface area contributed by atoms with Gasteiger partial charge in [-0.1, -0.05) is 23.7 Å². The van der Waals surface area contributed by atoms with Crippen LogP contribution in [0.1, 0.15) is 12.3 Å². The van der Waals surface area contributed by atoms with Gasteiger partial charge in [-0.25, -0.2) is 4.79 Å². The molecule has 8 nitrogen and oxygen atoms in total. The molecule has 1 aromatic heterocycles. The van der Waals surface area contributed by atoms with Gasteiger partial charge in [0, 0.05) is 13.0 Å². The Morgan fingerprint density at radius 3 is 2.88 bits per heavy atom. The molecule has 2 aliphatic rings. The Labute approximate surface area is 141 Å². The quantitative estimate of drug-likeness (QED) is 0.846. The minimum absolute atomic E-state index is 0.0934. The first-order valence-corrected chi connectivity index (χ1v) is 7.76. The van der Waals surface area contributed by atoms with Gasteiger partial charge in [0.2, 0.25) is 11.8 Å². The predicted octanol–water partition coefficient (Wildman–Crippen LogP) is 1.60. The highest BCUT2D eigenvalue weighted by Crippen LogP contribution is 2.29. The molecule has 24 heavy (non-hydrogen) atoms. The number of hydrogen-bond donors (Lipinski definition) is 1. The van der Waals surface area contributed by atoms with E-state index in [9.17, 15) is 9.59 Å². The average Bonchev–Trinajstić information content (AvgIpc) is 3.26. The van der Waals surface area contributed by atoms with Crippen molar-refractivity contribution in [3.8, 4) is 11.5 Å². The van der Waals surface area contributed by atoms with Crippen LogP contribution in [0.2, 0.25) is 5.02 Å². The lowest BCUT2D eigenvalue weighted by atomic mass is 9.99. The number of halogens is 1. The summed E-state index contributed by atoms with van der Waals surface area (Å²) in [5.41, 5.74) is -0.362. The van der Waals surface area contributed by atoms with E-state index in [2.05, 4.69) is 15.5 Å². The van der Waals surface area contributed by atoms with E-state index in [-0.39, 0.29) is 30.8 Å². The lowest BCUT2D eigenvalue weighted by molar-refractivity contribution is -0.131. The molecule has 2 aliphatic heterocycles. The number of hydrogen-bond acceptors (Lipinski definition) is 6. The fraction of sp³-hybridized carbons (Fsp3) is 0.333. The fourth-order valence-corrected chi connectivity index (χ4v) is 3.06. The molecule has 1 spiro atoms. The van der Waals surface area contributed by atoms with Crippen LogP contribution in [0.5, 0.6) is 0 Å². The Hall–Kier alpha value is -2.45. The zero-order chi connectivity index (χ0) is 16.7. The summed E-state index contributed by atoms with van der Waals surface area (Å²) in [5.74, 6) is 0.0634. The van der Waals surface area contributed by atoms with Gasteiger partial charge in [-0.2, -0.15) is 0 Å². The number of benzene rings is 1. The van der Waals surface area contributed by atoms with Gasteiger partial charge in [-0.15, -0.1) is 10.2 Å². The predicted molar refractivity (Wildman–Crippen MR) is 82.0 cm³/mol. The maximum atomic E-state index is 12.5. The van der Waals surface area contributed by atoms with Crippen LogP contribution in [-0.2, 0) is 16.1 Å². The van der Waals surface area contributed by atoms with Gasteiger partial charge in [0.05, 0.1) is 17.2 Å². The summed E-state index contributed by atoms with van der Waals surface area (Å²) in [4.78, 5) is 25.7.